The van der Waals surface area contributed by atoms with E-state index in [1.165, 1.54) is 0 Å². The second kappa shape index (κ2) is 9.34. The van der Waals surface area contributed by atoms with Gasteiger partial charge in [0.15, 0.2) is 0 Å². The van der Waals surface area contributed by atoms with E-state index < -0.39 is 36.5 Å². The molecule has 0 fully saturated rings. The van der Waals surface area contributed by atoms with Crippen LogP contribution in [0.5, 0.6) is 0 Å². The van der Waals surface area contributed by atoms with Crippen LogP contribution >= 0.6 is 0 Å². The third-order valence-corrected chi connectivity index (χ3v) is 5.40. The van der Waals surface area contributed by atoms with Gasteiger partial charge in [-0.3, -0.25) is 4.79 Å². The third-order valence-electron chi connectivity index (χ3n) is 5.40. The summed E-state index contributed by atoms with van der Waals surface area (Å²) >= 11 is 0. The van der Waals surface area contributed by atoms with Crippen molar-refractivity contribution in [3.05, 3.63) is 95.6 Å². The van der Waals surface area contributed by atoms with Gasteiger partial charge in [-0.1, -0.05) is 78.9 Å². The molecule has 0 bridgehead atoms. The highest BCUT2D eigenvalue weighted by Crippen LogP contribution is 2.46. The second-order valence-electron chi connectivity index (χ2n) is 7.45. The summed E-state index contributed by atoms with van der Waals surface area (Å²) in [5.41, 5.74) is 4.41. The van der Waals surface area contributed by atoms with Crippen LogP contribution in [0.3, 0.4) is 0 Å². The van der Waals surface area contributed by atoms with Gasteiger partial charge in [0.05, 0.1) is 0 Å². The van der Waals surface area contributed by atoms with Crippen LogP contribution in [-0.2, 0) is 20.9 Å². The Balaban J connectivity index is 1.41. The number of nitrogens with one attached hydrogen (secondary N) is 2. The number of carbonyl (C=O) groups is 3. The van der Waals surface area contributed by atoms with E-state index >= 15 is 0 Å². The summed E-state index contributed by atoms with van der Waals surface area (Å²) in [4.78, 5) is 36.5. The van der Waals surface area contributed by atoms with Crippen LogP contribution in [0.25, 0.3) is 11.1 Å². The van der Waals surface area contributed by atoms with E-state index in [0.717, 1.165) is 27.8 Å². The average molecular weight is 430 g/mol. The molecule has 7 nitrogen and oxygen atoms in total. The van der Waals surface area contributed by atoms with Crippen LogP contribution in [0.1, 0.15) is 22.6 Å². The van der Waals surface area contributed by atoms with Crippen LogP contribution < -0.4 is 10.6 Å². The number of aliphatic carboxylic acids is 1. The predicted octanol–water partition coefficient (Wildman–Crippen LogP) is 3.29. The molecule has 1 atom stereocenters. The van der Waals surface area contributed by atoms with E-state index in [9.17, 15) is 19.5 Å². The Hall–Kier alpha value is -4.13. The highest BCUT2D eigenvalue weighted by atomic mass is 16.5. The Kier molecular flexibility index (Phi) is 6.17. The normalized spacial score (nSPS) is 12.9. The molecular weight excluding hydrogens is 408 g/mol. The quantitative estimate of drug-likeness (QED) is 0.534. The van der Waals surface area contributed by atoms with Gasteiger partial charge in [-0.05, 0) is 27.8 Å². The number of hydrogen-bond donors (Lipinski definition) is 3. The molecule has 3 N–H and O–H groups in total. The first kappa shape index (κ1) is 21.1. The SMILES string of the molecule is O=C(CNC(=O)OCc1ccccc1)N[C@@H](C(=O)O)C1c2ccccc2-c2ccccc21. The number of alkyl carbamates (subject to hydrolysis) is 1. The van der Waals surface area contributed by atoms with E-state index in [2.05, 4.69) is 10.6 Å². The van der Waals surface area contributed by atoms with Crippen LogP contribution in [0.2, 0.25) is 0 Å². The van der Waals surface area contributed by atoms with Crippen molar-refractivity contribution in [2.75, 3.05) is 6.54 Å². The van der Waals surface area contributed by atoms with Crippen LogP contribution in [-0.4, -0.2) is 35.7 Å². The zero-order valence-electron chi connectivity index (χ0n) is 17.2. The van der Waals surface area contributed by atoms with Gasteiger partial charge in [0.2, 0.25) is 5.91 Å². The molecule has 0 spiro atoms. The van der Waals surface area contributed by atoms with Gasteiger partial charge in [-0.2, -0.15) is 0 Å². The first-order valence-electron chi connectivity index (χ1n) is 10.2. The number of ether oxygens (including phenoxy) is 1. The Labute approximate surface area is 185 Å². The molecule has 4 rings (SSSR count). The molecule has 7 heteroatoms. The summed E-state index contributed by atoms with van der Waals surface area (Å²) in [5.74, 6) is -2.30. The van der Waals surface area contributed by atoms with Gasteiger partial charge in [0.1, 0.15) is 19.2 Å². The minimum atomic E-state index is -1.19. The van der Waals surface area contributed by atoms with Gasteiger partial charge in [-0.15, -0.1) is 0 Å². The highest BCUT2D eigenvalue weighted by molar-refractivity contribution is 5.90. The van der Waals surface area contributed by atoms with Gasteiger partial charge in [0, 0.05) is 5.92 Å². The molecule has 1 aliphatic rings. The number of benzene rings is 3. The third kappa shape index (κ3) is 4.46. The molecule has 2 amide bonds. The lowest BCUT2D eigenvalue weighted by atomic mass is 9.89. The minimum absolute atomic E-state index is 0.0711. The summed E-state index contributed by atoms with van der Waals surface area (Å²) in [6.45, 7) is -0.324. The Morgan fingerprint density at radius 1 is 0.844 bits per heavy atom. The summed E-state index contributed by atoms with van der Waals surface area (Å²) in [7, 11) is 0. The molecule has 0 saturated heterocycles. The Morgan fingerprint density at radius 3 is 2.00 bits per heavy atom. The summed E-state index contributed by atoms with van der Waals surface area (Å²) in [6.07, 6.45) is -0.757. The molecule has 0 radical (unpaired) electrons. The van der Waals surface area contributed by atoms with Crippen LogP contribution in [0, 0.1) is 0 Å². The first-order valence-corrected chi connectivity index (χ1v) is 10.2. The second-order valence-corrected chi connectivity index (χ2v) is 7.45. The minimum Gasteiger partial charge on any atom is -0.480 e. The molecule has 0 aliphatic heterocycles. The molecule has 0 unspecified atom stereocenters. The Morgan fingerprint density at radius 2 is 1.41 bits per heavy atom. The van der Waals surface area contributed by atoms with Crippen molar-refractivity contribution in [1.29, 1.82) is 0 Å². The van der Waals surface area contributed by atoms with Gasteiger partial charge < -0.3 is 20.5 Å². The maximum absolute atomic E-state index is 12.5. The largest absolute Gasteiger partial charge is 0.480 e. The molecule has 0 heterocycles. The monoisotopic (exact) mass is 430 g/mol. The number of carbonyl (C=O) groups excluding carboxylic acids is 2. The molecular formula is C25H22N2O5. The molecule has 3 aromatic rings. The molecule has 1 aliphatic carbocycles. The number of carboxylic acids is 1. The molecule has 0 saturated carbocycles. The van der Waals surface area contributed by atoms with Gasteiger partial charge >= 0.3 is 12.1 Å². The van der Waals surface area contributed by atoms with Crippen LogP contribution in [0.15, 0.2) is 78.9 Å². The molecule has 3 aromatic carbocycles. The molecule has 32 heavy (non-hydrogen) atoms. The maximum atomic E-state index is 12.5. The molecule has 162 valence electrons. The van der Waals surface area contributed by atoms with E-state index in [1.807, 2.05) is 78.9 Å². The number of amides is 2. The van der Waals surface area contributed by atoms with Crippen LogP contribution in [0.4, 0.5) is 4.79 Å². The lowest BCUT2D eigenvalue weighted by molar-refractivity contribution is -0.142. The fourth-order valence-electron chi connectivity index (χ4n) is 3.99. The average Bonchev–Trinajstić information content (AvgIpc) is 3.14. The van der Waals surface area contributed by atoms with Crippen molar-refractivity contribution in [3.63, 3.8) is 0 Å². The zero-order chi connectivity index (χ0) is 22.5. The predicted molar refractivity (Wildman–Crippen MR) is 118 cm³/mol. The highest BCUT2D eigenvalue weighted by Gasteiger charge is 2.38. The summed E-state index contributed by atoms with van der Waals surface area (Å²) < 4.78 is 5.08. The van der Waals surface area contributed by atoms with E-state index in [0.29, 0.717) is 0 Å². The van der Waals surface area contributed by atoms with Crippen molar-refractivity contribution >= 4 is 18.0 Å². The molecule has 0 aromatic heterocycles. The lowest BCUT2D eigenvalue weighted by Gasteiger charge is -2.23. The fourth-order valence-corrected chi connectivity index (χ4v) is 3.99. The van der Waals surface area contributed by atoms with E-state index in [-0.39, 0.29) is 6.61 Å². The summed E-state index contributed by atoms with van der Waals surface area (Å²) in [6, 6.07) is 23.1. The number of hydrogen-bond acceptors (Lipinski definition) is 4. The fraction of sp³-hybridized carbons (Fsp3) is 0.160. The van der Waals surface area contributed by atoms with Crippen molar-refractivity contribution in [2.45, 2.75) is 18.6 Å². The van der Waals surface area contributed by atoms with Crippen molar-refractivity contribution in [1.82, 2.24) is 10.6 Å². The first-order chi connectivity index (χ1) is 15.5. The van der Waals surface area contributed by atoms with Gasteiger partial charge in [-0.25, -0.2) is 9.59 Å². The zero-order valence-corrected chi connectivity index (χ0v) is 17.2. The number of rotatable bonds is 7. The smallest absolute Gasteiger partial charge is 0.407 e. The van der Waals surface area contributed by atoms with Crippen molar-refractivity contribution in [3.8, 4) is 11.1 Å². The number of fused-ring (bicyclic) bond motifs is 3. The van der Waals surface area contributed by atoms with Crippen molar-refractivity contribution in [2.24, 2.45) is 0 Å². The Bertz CT molecular complexity index is 1100. The standard InChI is InChI=1S/C25H22N2O5/c28-21(14-26-25(31)32-15-16-8-2-1-3-9-16)27-23(24(29)30)22-19-12-6-4-10-17(19)18-11-5-7-13-20(18)22/h1-13,22-23H,14-15H2,(H,26,31)(H,27,28)(H,29,30)/t23-/m1/s1. The topological polar surface area (TPSA) is 105 Å². The van der Waals surface area contributed by atoms with E-state index in [4.69, 9.17) is 4.74 Å². The number of carboxylic acid groups (broad SMARTS) is 1. The van der Waals surface area contributed by atoms with E-state index in [1.54, 1.807) is 0 Å². The maximum Gasteiger partial charge on any atom is 0.407 e. The van der Waals surface area contributed by atoms with Gasteiger partial charge in [0.25, 0.3) is 0 Å². The van der Waals surface area contributed by atoms with Crippen molar-refractivity contribution < 1.29 is 24.2 Å². The lowest BCUT2D eigenvalue weighted by Crippen LogP contribution is -2.48. The summed E-state index contributed by atoms with van der Waals surface area (Å²) in [5, 5.41) is 14.8.